The summed E-state index contributed by atoms with van der Waals surface area (Å²) in [6.07, 6.45) is 5.16. The molecule has 1 rings (SSSR count). The first-order valence-electron chi connectivity index (χ1n) is 7.02. The Kier molecular flexibility index (Phi) is 8.19. The SMILES string of the molecule is CCCC(CBr)(CCC)CN(C)Cc1cc(Br)cs1. The van der Waals surface area contributed by atoms with Crippen molar-refractivity contribution in [2.75, 3.05) is 18.9 Å². The average Bonchev–Trinajstić information content (AvgIpc) is 2.75. The Morgan fingerprint density at radius 1 is 1.26 bits per heavy atom. The molecule has 0 aliphatic rings. The molecule has 0 atom stereocenters. The fraction of sp³-hybridized carbons (Fsp3) is 0.733. The Morgan fingerprint density at radius 3 is 2.32 bits per heavy atom. The number of rotatable bonds is 9. The van der Waals surface area contributed by atoms with E-state index in [0.29, 0.717) is 5.41 Å². The molecule has 1 aromatic rings. The summed E-state index contributed by atoms with van der Waals surface area (Å²) in [6.45, 7) is 6.82. The Hall–Kier alpha value is 0.620. The Morgan fingerprint density at radius 2 is 1.89 bits per heavy atom. The molecule has 0 aromatic carbocycles. The summed E-state index contributed by atoms with van der Waals surface area (Å²) < 4.78 is 1.20. The number of halogens is 2. The van der Waals surface area contributed by atoms with E-state index in [2.05, 4.69) is 69.1 Å². The van der Waals surface area contributed by atoms with Crippen molar-refractivity contribution in [2.45, 2.75) is 46.1 Å². The third kappa shape index (κ3) is 5.86. The topological polar surface area (TPSA) is 3.24 Å². The van der Waals surface area contributed by atoms with E-state index in [1.54, 1.807) is 0 Å². The van der Waals surface area contributed by atoms with Crippen LogP contribution in [-0.2, 0) is 6.54 Å². The lowest BCUT2D eigenvalue weighted by Gasteiger charge is -2.35. The maximum absolute atomic E-state index is 3.76. The highest BCUT2D eigenvalue weighted by molar-refractivity contribution is 9.10. The number of nitrogens with zero attached hydrogens (tertiary/aromatic N) is 1. The van der Waals surface area contributed by atoms with Crippen LogP contribution in [-0.4, -0.2) is 23.8 Å². The number of thiophene rings is 1. The van der Waals surface area contributed by atoms with E-state index in [0.717, 1.165) is 11.9 Å². The average molecular weight is 411 g/mol. The summed E-state index contributed by atoms with van der Waals surface area (Å²) in [5, 5.41) is 3.28. The van der Waals surface area contributed by atoms with Gasteiger partial charge in [0.15, 0.2) is 0 Å². The van der Waals surface area contributed by atoms with E-state index < -0.39 is 0 Å². The molecule has 19 heavy (non-hydrogen) atoms. The summed E-state index contributed by atoms with van der Waals surface area (Å²) >= 11 is 9.13. The van der Waals surface area contributed by atoms with Gasteiger partial charge in [-0.25, -0.2) is 0 Å². The number of alkyl halides is 1. The van der Waals surface area contributed by atoms with E-state index in [-0.39, 0.29) is 0 Å². The van der Waals surface area contributed by atoms with Crippen molar-refractivity contribution in [2.24, 2.45) is 5.41 Å². The minimum absolute atomic E-state index is 0.437. The van der Waals surface area contributed by atoms with E-state index in [9.17, 15) is 0 Å². The van der Waals surface area contributed by atoms with Crippen molar-refractivity contribution in [1.82, 2.24) is 4.90 Å². The van der Waals surface area contributed by atoms with Crippen molar-refractivity contribution < 1.29 is 0 Å². The van der Waals surface area contributed by atoms with E-state index in [1.807, 2.05) is 11.3 Å². The standard InChI is InChI=1S/C15H25Br2NS/c1-4-6-15(11-16,7-5-2)12-18(3)9-14-8-13(17)10-19-14/h8,10H,4-7,9,11-12H2,1-3H3. The molecule has 0 spiro atoms. The van der Waals surface area contributed by atoms with Gasteiger partial charge in [0.2, 0.25) is 0 Å². The van der Waals surface area contributed by atoms with Crippen LogP contribution in [0.2, 0.25) is 0 Å². The van der Waals surface area contributed by atoms with Gasteiger partial charge in [-0.1, -0.05) is 42.6 Å². The summed E-state index contributed by atoms with van der Waals surface area (Å²) in [5.41, 5.74) is 0.437. The molecule has 0 aliphatic heterocycles. The Balaban J connectivity index is 2.61. The van der Waals surface area contributed by atoms with Gasteiger partial charge in [0.05, 0.1) is 0 Å². The van der Waals surface area contributed by atoms with Crippen molar-refractivity contribution in [1.29, 1.82) is 0 Å². The van der Waals surface area contributed by atoms with Crippen molar-refractivity contribution >= 4 is 43.2 Å². The smallest absolute Gasteiger partial charge is 0.0325 e. The molecule has 0 bridgehead atoms. The molecule has 0 saturated carbocycles. The van der Waals surface area contributed by atoms with Crippen LogP contribution in [0.25, 0.3) is 0 Å². The normalized spacial score (nSPS) is 12.3. The lowest BCUT2D eigenvalue weighted by molar-refractivity contribution is 0.167. The minimum Gasteiger partial charge on any atom is -0.301 e. The third-order valence-corrected chi connectivity index (χ3v) is 6.37. The molecule has 1 heterocycles. The van der Waals surface area contributed by atoms with Gasteiger partial charge in [-0.2, -0.15) is 0 Å². The lowest BCUT2D eigenvalue weighted by Crippen LogP contribution is -2.36. The summed E-state index contributed by atoms with van der Waals surface area (Å²) in [5.74, 6) is 0. The van der Waals surface area contributed by atoms with Crippen LogP contribution < -0.4 is 0 Å². The first-order valence-corrected chi connectivity index (χ1v) is 9.82. The highest BCUT2D eigenvalue weighted by atomic mass is 79.9. The fourth-order valence-corrected chi connectivity index (χ4v) is 5.12. The van der Waals surface area contributed by atoms with Gasteiger partial charge in [0.1, 0.15) is 0 Å². The van der Waals surface area contributed by atoms with Crippen molar-refractivity contribution in [3.05, 3.63) is 20.8 Å². The molecule has 110 valence electrons. The maximum Gasteiger partial charge on any atom is 0.0325 e. The van der Waals surface area contributed by atoms with Crippen molar-refractivity contribution in [3.63, 3.8) is 0 Å². The second kappa shape index (κ2) is 8.81. The molecule has 1 aromatic heterocycles. The predicted molar refractivity (Wildman–Crippen MR) is 94.4 cm³/mol. The van der Waals surface area contributed by atoms with Gasteiger partial charge in [0, 0.05) is 33.1 Å². The van der Waals surface area contributed by atoms with Crippen LogP contribution >= 0.6 is 43.2 Å². The van der Waals surface area contributed by atoms with E-state index in [1.165, 1.54) is 41.6 Å². The largest absolute Gasteiger partial charge is 0.301 e. The highest BCUT2D eigenvalue weighted by Crippen LogP contribution is 2.33. The first kappa shape index (κ1) is 17.7. The molecular weight excluding hydrogens is 386 g/mol. The Bertz CT molecular complexity index is 359. The zero-order chi connectivity index (χ0) is 14.3. The quantitative estimate of drug-likeness (QED) is 0.456. The van der Waals surface area contributed by atoms with Crippen LogP contribution in [0, 0.1) is 5.41 Å². The second-order valence-electron chi connectivity index (χ2n) is 5.54. The molecule has 0 amide bonds. The molecule has 1 nitrogen and oxygen atoms in total. The van der Waals surface area contributed by atoms with Gasteiger partial charge in [-0.05, 0) is 47.3 Å². The Labute approximate surface area is 139 Å². The molecule has 0 radical (unpaired) electrons. The van der Waals surface area contributed by atoms with Crippen LogP contribution in [0.1, 0.15) is 44.4 Å². The van der Waals surface area contributed by atoms with Crippen molar-refractivity contribution in [3.8, 4) is 0 Å². The molecule has 0 N–H and O–H groups in total. The predicted octanol–water partition coefficient (Wildman–Crippen LogP) is 5.92. The van der Waals surface area contributed by atoms with E-state index >= 15 is 0 Å². The van der Waals surface area contributed by atoms with Gasteiger partial charge < -0.3 is 4.90 Å². The molecule has 0 aliphatic carbocycles. The van der Waals surface area contributed by atoms with Crippen LogP contribution in [0.4, 0.5) is 0 Å². The van der Waals surface area contributed by atoms with Gasteiger partial charge in [-0.15, -0.1) is 11.3 Å². The highest BCUT2D eigenvalue weighted by Gasteiger charge is 2.28. The molecule has 0 unspecified atom stereocenters. The zero-order valence-electron chi connectivity index (χ0n) is 12.2. The number of hydrogen-bond donors (Lipinski definition) is 0. The fourth-order valence-electron chi connectivity index (χ4n) is 2.85. The lowest BCUT2D eigenvalue weighted by atomic mass is 9.81. The summed E-state index contributed by atoms with van der Waals surface area (Å²) in [7, 11) is 2.25. The van der Waals surface area contributed by atoms with E-state index in [4.69, 9.17) is 0 Å². The van der Waals surface area contributed by atoms with Gasteiger partial charge >= 0.3 is 0 Å². The number of hydrogen-bond acceptors (Lipinski definition) is 2. The maximum atomic E-state index is 3.76. The first-order chi connectivity index (χ1) is 9.05. The summed E-state index contributed by atoms with van der Waals surface area (Å²) in [6, 6.07) is 2.23. The second-order valence-corrected chi connectivity index (χ2v) is 8.01. The summed E-state index contributed by atoms with van der Waals surface area (Å²) in [4.78, 5) is 3.91. The monoisotopic (exact) mass is 409 g/mol. The molecular formula is C15H25Br2NS. The molecule has 4 heteroatoms. The van der Waals surface area contributed by atoms with Crippen LogP contribution in [0.3, 0.4) is 0 Å². The zero-order valence-corrected chi connectivity index (χ0v) is 16.2. The molecule has 0 fully saturated rings. The van der Waals surface area contributed by atoms with Gasteiger partial charge in [0.25, 0.3) is 0 Å². The minimum atomic E-state index is 0.437. The third-order valence-electron chi connectivity index (χ3n) is 3.50. The van der Waals surface area contributed by atoms with Crippen LogP contribution in [0.5, 0.6) is 0 Å². The van der Waals surface area contributed by atoms with Crippen LogP contribution in [0.15, 0.2) is 15.9 Å². The molecule has 0 saturated heterocycles. The van der Waals surface area contributed by atoms with Gasteiger partial charge in [-0.3, -0.25) is 0 Å².